The van der Waals surface area contributed by atoms with E-state index in [9.17, 15) is 20.0 Å². The van der Waals surface area contributed by atoms with E-state index in [0.29, 0.717) is 0 Å². The molecule has 0 heterocycles. The summed E-state index contributed by atoms with van der Waals surface area (Å²) >= 11 is 0. The average Bonchev–Trinajstić information content (AvgIpc) is 2.47. The van der Waals surface area contributed by atoms with Crippen molar-refractivity contribution in [3.63, 3.8) is 0 Å². The molecule has 1 atom stereocenters. The number of hydrogen-bond donors (Lipinski definition) is 0. The Morgan fingerprint density at radius 1 is 1.32 bits per heavy atom. The summed E-state index contributed by atoms with van der Waals surface area (Å²) < 4.78 is 11.2. The number of nitro benzene ring substituents is 1. The highest BCUT2D eigenvalue weighted by atomic mass is 16.7. The minimum absolute atomic E-state index is 0.0760. The van der Waals surface area contributed by atoms with Crippen LogP contribution in [0.4, 0.5) is 5.69 Å². The summed E-state index contributed by atoms with van der Waals surface area (Å²) in [5.41, 5.74) is -0.477. The summed E-state index contributed by atoms with van der Waals surface area (Å²) in [6.07, 6.45) is 4.64. The number of nitro groups is 1. The fraction of sp³-hybridized carbons (Fsp3) is 0.533. The van der Waals surface area contributed by atoms with Crippen molar-refractivity contribution in [2.24, 2.45) is 0 Å². The maximum atomic E-state index is 11.0. The summed E-state index contributed by atoms with van der Waals surface area (Å²) in [5, 5.41) is 21.9. The first-order valence-corrected chi connectivity index (χ1v) is 7.29. The van der Waals surface area contributed by atoms with Gasteiger partial charge in [0, 0.05) is 11.6 Å². The molecule has 7 heteroatoms. The first kappa shape index (κ1) is 16.2. The van der Waals surface area contributed by atoms with E-state index in [1.54, 1.807) is 6.92 Å². The highest BCUT2D eigenvalue weighted by Gasteiger charge is 2.21. The standard InChI is InChI=1S/C15H19NO6/c1-10(21-12-5-3-2-4-6-12)22-14-9-11(15(17)18)7-8-13(14)16(19)20/h7-10,12H,2-6H2,1H3,(H,17,18)/p-1. The summed E-state index contributed by atoms with van der Waals surface area (Å²) in [5.74, 6) is -1.55. The third kappa shape index (κ3) is 4.17. The SMILES string of the molecule is CC(Oc1cc(C(=O)[O-])ccc1[N+](=O)[O-])OC1CCCCC1. The smallest absolute Gasteiger partial charge is 0.311 e. The van der Waals surface area contributed by atoms with Gasteiger partial charge in [-0.1, -0.05) is 19.3 Å². The zero-order valence-corrected chi connectivity index (χ0v) is 12.3. The summed E-state index contributed by atoms with van der Waals surface area (Å²) in [6, 6.07) is 3.30. The van der Waals surface area contributed by atoms with Gasteiger partial charge in [-0.05, 0) is 31.9 Å². The maximum absolute atomic E-state index is 11.0. The highest BCUT2D eigenvalue weighted by molar-refractivity contribution is 5.87. The lowest BCUT2D eigenvalue weighted by molar-refractivity contribution is -0.386. The third-order valence-corrected chi connectivity index (χ3v) is 3.62. The van der Waals surface area contributed by atoms with Crippen LogP contribution in [-0.4, -0.2) is 23.3 Å². The van der Waals surface area contributed by atoms with E-state index < -0.39 is 17.2 Å². The van der Waals surface area contributed by atoms with Crippen LogP contribution in [0.3, 0.4) is 0 Å². The molecule has 7 nitrogen and oxygen atoms in total. The van der Waals surface area contributed by atoms with Crippen LogP contribution >= 0.6 is 0 Å². The Hall–Kier alpha value is -2.15. The molecule has 0 aliphatic heterocycles. The number of carboxylic acid groups (broad SMARTS) is 1. The lowest BCUT2D eigenvalue weighted by atomic mass is 9.98. The molecule has 0 saturated heterocycles. The van der Waals surface area contributed by atoms with Crippen molar-refractivity contribution >= 4 is 11.7 Å². The average molecular weight is 308 g/mol. The Bertz CT molecular complexity index is 553. The number of carbonyl (C=O) groups is 1. The van der Waals surface area contributed by atoms with E-state index in [1.807, 2.05) is 0 Å². The van der Waals surface area contributed by atoms with Gasteiger partial charge in [-0.2, -0.15) is 0 Å². The molecule has 1 fully saturated rings. The van der Waals surface area contributed by atoms with Gasteiger partial charge < -0.3 is 19.4 Å². The van der Waals surface area contributed by atoms with Crippen LogP contribution in [0.15, 0.2) is 18.2 Å². The Kier molecular flexibility index (Phi) is 5.32. The zero-order chi connectivity index (χ0) is 16.1. The minimum Gasteiger partial charge on any atom is -0.545 e. The maximum Gasteiger partial charge on any atom is 0.311 e. The van der Waals surface area contributed by atoms with Crippen LogP contribution in [0.1, 0.15) is 49.4 Å². The van der Waals surface area contributed by atoms with Crippen molar-refractivity contribution < 1.29 is 24.3 Å². The van der Waals surface area contributed by atoms with Crippen molar-refractivity contribution in [1.82, 2.24) is 0 Å². The largest absolute Gasteiger partial charge is 0.545 e. The van der Waals surface area contributed by atoms with Crippen LogP contribution < -0.4 is 9.84 Å². The van der Waals surface area contributed by atoms with Gasteiger partial charge in [0.15, 0.2) is 6.29 Å². The molecule has 1 aromatic rings. The van der Waals surface area contributed by atoms with Crippen molar-refractivity contribution in [2.75, 3.05) is 0 Å². The lowest BCUT2D eigenvalue weighted by Crippen LogP contribution is -2.27. The van der Waals surface area contributed by atoms with Crippen LogP contribution in [0, 0.1) is 10.1 Å². The van der Waals surface area contributed by atoms with Crippen molar-refractivity contribution in [3.8, 4) is 5.75 Å². The monoisotopic (exact) mass is 308 g/mol. The van der Waals surface area contributed by atoms with Crippen LogP contribution in [-0.2, 0) is 4.74 Å². The van der Waals surface area contributed by atoms with Crippen LogP contribution in [0.25, 0.3) is 0 Å². The van der Waals surface area contributed by atoms with Gasteiger partial charge >= 0.3 is 5.69 Å². The van der Waals surface area contributed by atoms with Crippen LogP contribution in [0.2, 0.25) is 0 Å². The van der Waals surface area contributed by atoms with Gasteiger partial charge in [0.25, 0.3) is 0 Å². The number of aromatic carboxylic acids is 1. The second kappa shape index (κ2) is 7.22. The topological polar surface area (TPSA) is 102 Å². The molecule has 0 radical (unpaired) electrons. The molecule has 120 valence electrons. The zero-order valence-electron chi connectivity index (χ0n) is 12.3. The van der Waals surface area contributed by atoms with E-state index in [1.165, 1.54) is 6.42 Å². The molecule has 0 amide bonds. The predicted molar refractivity (Wildman–Crippen MR) is 75.5 cm³/mol. The molecule has 2 rings (SSSR count). The second-order valence-corrected chi connectivity index (χ2v) is 5.31. The van der Waals surface area contributed by atoms with E-state index in [2.05, 4.69) is 0 Å². The number of nitrogens with zero attached hydrogens (tertiary/aromatic N) is 1. The highest BCUT2D eigenvalue weighted by Crippen LogP contribution is 2.30. The molecule has 1 aliphatic rings. The number of rotatable bonds is 6. The molecule has 1 aliphatic carbocycles. The minimum atomic E-state index is -1.42. The first-order chi connectivity index (χ1) is 10.5. The number of hydrogen-bond acceptors (Lipinski definition) is 6. The Morgan fingerprint density at radius 2 is 2.00 bits per heavy atom. The van der Waals surface area contributed by atoms with Crippen molar-refractivity contribution in [1.29, 1.82) is 0 Å². The molecule has 0 bridgehead atoms. The fourth-order valence-electron chi connectivity index (χ4n) is 2.57. The number of ether oxygens (including phenoxy) is 2. The molecule has 0 aromatic heterocycles. The fourth-order valence-corrected chi connectivity index (χ4v) is 2.57. The number of benzene rings is 1. The summed E-state index contributed by atoms with van der Waals surface area (Å²) in [7, 11) is 0. The normalized spacial score (nSPS) is 17.0. The molecule has 0 N–H and O–H groups in total. The second-order valence-electron chi connectivity index (χ2n) is 5.31. The number of carboxylic acids is 1. The predicted octanol–water partition coefficient (Wildman–Crippen LogP) is 2.03. The first-order valence-electron chi connectivity index (χ1n) is 7.29. The van der Waals surface area contributed by atoms with Gasteiger partial charge in [-0.3, -0.25) is 10.1 Å². The lowest BCUT2D eigenvalue weighted by Gasteiger charge is -2.26. The molecule has 1 unspecified atom stereocenters. The quantitative estimate of drug-likeness (QED) is 0.452. The van der Waals surface area contributed by atoms with E-state index in [-0.39, 0.29) is 23.1 Å². The van der Waals surface area contributed by atoms with E-state index in [4.69, 9.17) is 9.47 Å². The third-order valence-electron chi connectivity index (χ3n) is 3.62. The number of carbonyl (C=O) groups excluding carboxylic acids is 1. The van der Waals surface area contributed by atoms with Gasteiger partial charge in [0.1, 0.15) is 0 Å². The van der Waals surface area contributed by atoms with Crippen molar-refractivity contribution in [2.45, 2.75) is 51.4 Å². The summed E-state index contributed by atoms with van der Waals surface area (Å²) in [6.45, 7) is 1.64. The summed E-state index contributed by atoms with van der Waals surface area (Å²) in [4.78, 5) is 21.2. The van der Waals surface area contributed by atoms with Crippen molar-refractivity contribution in [3.05, 3.63) is 33.9 Å². The van der Waals surface area contributed by atoms with Gasteiger partial charge in [-0.25, -0.2) is 0 Å². The molecular formula is C15H18NO6-. The van der Waals surface area contributed by atoms with Gasteiger partial charge in [0.05, 0.1) is 17.0 Å². The van der Waals surface area contributed by atoms with Gasteiger partial charge in [-0.15, -0.1) is 0 Å². The van der Waals surface area contributed by atoms with Crippen LogP contribution in [0.5, 0.6) is 5.75 Å². The molecule has 22 heavy (non-hydrogen) atoms. The molecule has 0 spiro atoms. The Labute approximate surface area is 128 Å². The van der Waals surface area contributed by atoms with E-state index >= 15 is 0 Å². The molecule has 1 aromatic carbocycles. The molecular weight excluding hydrogens is 290 g/mol. The van der Waals surface area contributed by atoms with Gasteiger partial charge in [0.2, 0.25) is 5.75 Å². The Morgan fingerprint density at radius 3 is 2.59 bits per heavy atom. The van der Waals surface area contributed by atoms with E-state index in [0.717, 1.165) is 43.9 Å². The Balaban J connectivity index is 2.10. The molecule has 1 saturated carbocycles.